The standard InChI is InChI=1S/C18H15ClFN5OS/c1-10-22-23-18-25(10)24-15(11-6-8-12(19)9-7-11)16(27-18)17(26)21-14-5-3-2-4-13(14)20/h2-9,15-16,24H,1H3,(H,21,26). The first kappa shape index (κ1) is 17.8. The van der Waals surface area contributed by atoms with Crippen LogP contribution in [0.4, 0.5) is 10.1 Å². The Balaban J connectivity index is 1.68. The molecule has 0 fully saturated rings. The Morgan fingerprint density at radius 1 is 1.22 bits per heavy atom. The van der Waals surface area contributed by atoms with Crippen LogP contribution in [0.2, 0.25) is 5.02 Å². The third-order valence-corrected chi connectivity index (χ3v) is 5.68. The molecule has 2 atom stereocenters. The van der Waals surface area contributed by atoms with Crippen LogP contribution >= 0.6 is 23.4 Å². The molecular formula is C18H15ClFN5OS. The molecule has 9 heteroatoms. The van der Waals surface area contributed by atoms with E-state index < -0.39 is 11.1 Å². The number of rotatable bonds is 3. The number of nitrogens with one attached hydrogen (secondary N) is 2. The van der Waals surface area contributed by atoms with Crippen LogP contribution in [0, 0.1) is 12.7 Å². The van der Waals surface area contributed by atoms with Gasteiger partial charge in [-0.2, -0.15) is 0 Å². The minimum Gasteiger partial charge on any atom is -0.323 e. The summed E-state index contributed by atoms with van der Waals surface area (Å²) in [6, 6.07) is 12.9. The van der Waals surface area contributed by atoms with E-state index in [2.05, 4.69) is 20.9 Å². The van der Waals surface area contributed by atoms with Crippen molar-refractivity contribution in [1.29, 1.82) is 0 Å². The fourth-order valence-electron chi connectivity index (χ4n) is 2.85. The summed E-state index contributed by atoms with van der Waals surface area (Å²) in [6.07, 6.45) is 0. The van der Waals surface area contributed by atoms with Crippen molar-refractivity contribution in [2.45, 2.75) is 23.4 Å². The summed E-state index contributed by atoms with van der Waals surface area (Å²) >= 11 is 7.27. The lowest BCUT2D eigenvalue weighted by molar-refractivity contribution is -0.116. The molecule has 1 amide bonds. The number of thioether (sulfide) groups is 1. The van der Waals surface area contributed by atoms with E-state index in [1.165, 1.54) is 23.9 Å². The molecule has 138 valence electrons. The maximum Gasteiger partial charge on any atom is 0.240 e. The first-order valence-electron chi connectivity index (χ1n) is 8.19. The maximum absolute atomic E-state index is 13.9. The van der Waals surface area contributed by atoms with Crippen molar-refractivity contribution >= 4 is 35.0 Å². The van der Waals surface area contributed by atoms with Gasteiger partial charge in [0.15, 0.2) is 0 Å². The van der Waals surface area contributed by atoms with Gasteiger partial charge in [-0.15, -0.1) is 10.2 Å². The van der Waals surface area contributed by atoms with Gasteiger partial charge in [-0.1, -0.05) is 47.6 Å². The van der Waals surface area contributed by atoms with Crippen LogP contribution in [0.3, 0.4) is 0 Å². The molecule has 2 heterocycles. The van der Waals surface area contributed by atoms with Gasteiger partial charge in [-0.05, 0) is 36.8 Å². The number of carbonyl (C=O) groups excluding carboxylic acids is 1. The van der Waals surface area contributed by atoms with Crippen molar-refractivity contribution in [1.82, 2.24) is 14.9 Å². The van der Waals surface area contributed by atoms with E-state index in [0.717, 1.165) is 5.56 Å². The van der Waals surface area contributed by atoms with Crippen molar-refractivity contribution in [3.8, 4) is 0 Å². The lowest BCUT2D eigenvalue weighted by Crippen LogP contribution is -2.41. The molecule has 27 heavy (non-hydrogen) atoms. The van der Waals surface area contributed by atoms with Gasteiger partial charge < -0.3 is 10.7 Å². The zero-order valence-corrected chi connectivity index (χ0v) is 15.8. The molecular weight excluding hydrogens is 389 g/mol. The SMILES string of the molecule is Cc1nnc2n1NC(c1ccc(Cl)cc1)C(C(=O)Nc1ccccc1F)S2. The molecule has 2 N–H and O–H groups in total. The fraction of sp³-hybridized carbons (Fsp3) is 0.167. The number of hydrogen-bond donors (Lipinski definition) is 2. The molecule has 0 aliphatic carbocycles. The highest BCUT2D eigenvalue weighted by molar-refractivity contribution is 8.00. The molecule has 4 rings (SSSR count). The average Bonchev–Trinajstić information content (AvgIpc) is 3.03. The third kappa shape index (κ3) is 3.50. The van der Waals surface area contributed by atoms with Gasteiger partial charge in [0.05, 0.1) is 11.7 Å². The summed E-state index contributed by atoms with van der Waals surface area (Å²) in [7, 11) is 0. The first-order chi connectivity index (χ1) is 13.0. The zero-order valence-electron chi connectivity index (χ0n) is 14.2. The van der Waals surface area contributed by atoms with Crippen LogP contribution in [-0.2, 0) is 4.79 Å². The summed E-state index contributed by atoms with van der Waals surface area (Å²) in [5, 5.41) is 11.4. The van der Waals surface area contributed by atoms with Crippen molar-refractivity contribution in [2.75, 3.05) is 10.7 Å². The molecule has 3 aromatic rings. The molecule has 0 bridgehead atoms. The summed E-state index contributed by atoms with van der Waals surface area (Å²) in [5.74, 6) is -0.129. The zero-order chi connectivity index (χ0) is 19.0. The minimum absolute atomic E-state index is 0.140. The number of para-hydroxylation sites is 1. The Labute approximate surface area is 164 Å². The fourth-order valence-corrected chi connectivity index (χ4v) is 4.10. The second-order valence-corrected chi connectivity index (χ2v) is 7.58. The van der Waals surface area contributed by atoms with Crippen molar-refractivity contribution in [3.05, 3.63) is 70.8 Å². The number of aromatic nitrogens is 3. The predicted molar refractivity (Wildman–Crippen MR) is 103 cm³/mol. The third-order valence-electron chi connectivity index (χ3n) is 4.22. The normalized spacial score (nSPS) is 18.5. The van der Waals surface area contributed by atoms with E-state index in [1.807, 2.05) is 19.1 Å². The number of aryl methyl sites for hydroxylation is 1. The Morgan fingerprint density at radius 2 is 1.96 bits per heavy atom. The highest BCUT2D eigenvalue weighted by atomic mass is 35.5. The summed E-state index contributed by atoms with van der Waals surface area (Å²) in [5.41, 5.74) is 4.30. The lowest BCUT2D eigenvalue weighted by Gasteiger charge is -2.32. The van der Waals surface area contributed by atoms with Crippen LogP contribution in [0.15, 0.2) is 53.7 Å². The van der Waals surface area contributed by atoms with Gasteiger partial charge in [-0.3, -0.25) is 4.79 Å². The molecule has 1 aliphatic rings. The number of fused-ring (bicyclic) bond motifs is 1. The summed E-state index contributed by atoms with van der Waals surface area (Å²) in [6.45, 7) is 1.82. The van der Waals surface area contributed by atoms with Crippen LogP contribution in [-0.4, -0.2) is 26.0 Å². The van der Waals surface area contributed by atoms with Gasteiger partial charge in [0.2, 0.25) is 11.1 Å². The molecule has 1 aromatic heterocycles. The smallest absolute Gasteiger partial charge is 0.240 e. The van der Waals surface area contributed by atoms with E-state index in [1.54, 1.807) is 28.9 Å². The molecule has 0 radical (unpaired) electrons. The largest absolute Gasteiger partial charge is 0.323 e. The second-order valence-electron chi connectivity index (χ2n) is 6.03. The Morgan fingerprint density at radius 3 is 2.70 bits per heavy atom. The molecule has 6 nitrogen and oxygen atoms in total. The molecule has 2 aromatic carbocycles. The van der Waals surface area contributed by atoms with Gasteiger partial charge in [0, 0.05) is 5.02 Å². The van der Waals surface area contributed by atoms with E-state index in [0.29, 0.717) is 16.0 Å². The van der Waals surface area contributed by atoms with E-state index in [-0.39, 0.29) is 17.6 Å². The van der Waals surface area contributed by atoms with Gasteiger partial charge in [-0.25, -0.2) is 9.07 Å². The number of halogens is 2. The molecule has 1 aliphatic heterocycles. The topological polar surface area (TPSA) is 71.8 Å². The van der Waals surface area contributed by atoms with Crippen LogP contribution in [0.25, 0.3) is 0 Å². The minimum atomic E-state index is -0.582. The summed E-state index contributed by atoms with van der Waals surface area (Å²) in [4.78, 5) is 13.0. The lowest BCUT2D eigenvalue weighted by atomic mass is 10.0. The second kappa shape index (κ2) is 7.21. The number of benzene rings is 2. The highest BCUT2D eigenvalue weighted by Gasteiger charge is 2.37. The average molecular weight is 404 g/mol. The van der Waals surface area contributed by atoms with E-state index >= 15 is 0 Å². The number of hydrogen-bond acceptors (Lipinski definition) is 5. The van der Waals surface area contributed by atoms with E-state index in [4.69, 9.17) is 11.6 Å². The Hall–Kier alpha value is -2.58. The van der Waals surface area contributed by atoms with Crippen molar-refractivity contribution in [3.63, 3.8) is 0 Å². The van der Waals surface area contributed by atoms with Gasteiger partial charge in [0.25, 0.3) is 0 Å². The maximum atomic E-state index is 13.9. The van der Waals surface area contributed by atoms with Crippen molar-refractivity contribution < 1.29 is 9.18 Å². The van der Waals surface area contributed by atoms with Gasteiger partial charge >= 0.3 is 0 Å². The Bertz CT molecular complexity index is 994. The number of carbonyl (C=O) groups is 1. The van der Waals surface area contributed by atoms with Gasteiger partial charge in [0.1, 0.15) is 16.9 Å². The molecule has 0 saturated heterocycles. The highest BCUT2D eigenvalue weighted by Crippen LogP contribution is 2.37. The molecule has 2 unspecified atom stereocenters. The molecule has 0 saturated carbocycles. The quantitative estimate of drug-likeness (QED) is 0.696. The number of nitrogens with zero attached hydrogens (tertiary/aromatic N) is 3. The summed E-state index contributed by atoms with van der Waals surface area (Å²) < 4.78 is 15.7. The van der Waals surface area contributed by atoms with Crippen LogP contribution in [0.1, 0.15) is 17.4 Å². The van der Waals surface area contributed by atoms with Crippen LogP contribution in [0.5, 0.6) is 0 Å². The monoisotopic (exact) mass is 403 g/mol. The number of anilines is 1. The predicted octanol–water partition coefficient (Wildman–Crippen LogP) is 3.78. The Kier molecular flexibility index (Phi) is 4.75. The molecule has 0 spiro atoms. The number of amides is 1. The first-order valence-corrected chi connectivity index (χ1v) is 9.45. The van der Waals surface area contributed by atoms with Crippen molar-refractivity contribution in [2.24, 2.45) is 0 Å². The van der Waals surface area contributed by atoms with Crippen LogP contribution < -0.4 is 10.7 Å². The van der Waals surface area contributed by atoms with E-state index in [9.17, 15) is 9.18 Å².